The van der Waals surface area contributed by atoms with Gasteiger partial charge in [0.25, 0.3) is 5.91 Å². The van der Waals surface area contributed by atoms with Crippen LogP contribution in [0.3, 0.4) is 0 Å². The lowest BCUT2D eigenvalue weighted by Crippen LogP contribution is -2.50. The van der Waals surface area contributed by atoms with E-state index in [2.05, 4.69) is 5.32 Å². The van der Waals surface area contributed by atoms with E-state index >= 15 is 0 Å². The second-order valence-corrected chi connectivity index (χ2v) is 8.30. The number of ether oxygens (including phenoxy) is 1. The smallest absolute Gasteiger partial charge is 0.263 e. The summed E-state index contributed by atoms with van der Waals surface area (Å²) >= 11 is 5.79. The number of carbonyl (C=O) groups excluding carboxylic acids is 1. The number of carbonyl (C=O) groups is 1. The monoisotopic (exact) mass is 331 g/mol. The zero-order valence-electron chi connectivity index (χ0n) is 11.9. The van der Waals surface area contributed by atoms with Crippen LogP contribution in [0.2, 0.25) is 5.02 Å². The van der Waals surface area contributed by atoms with E-state index < -0.39 is 15.4 Å². The van der Waals surface area contributed by atoms with E-state index in [9.17, 15) is 13.2 Å². The first-order valence-electron chi connectivity index (χ1n) is 6.64. The van der Waals surface area contributed by atoms with Crippen molar-refractivity contribution < 1.29 is 17.9 Å². The number of amides is 1. The van der Waals surface area contributed by atoms with Crippen molar-refractivity contribution >= 4 is 27.3 Å². The van der Waals surface area contributed by atoms with Gasteiger partial charge in [0.15, 0.2) is 15.4 Å². The van der Waals surface area contributed by atoms with Crippen molar-refractivity contribution in [1.29, 1.82) is 0 Å². The molecule has 1 heterocycles. The van der Waals surface area contributed by atoms with Crippen molar-refractivity contribution in [2.24, 2.45) is 0 Å². The lowest BCUT2D eigenvalue weighted by atomic mass is 10.1. The minimum Gasteiger partial charge on any atom is -0.478 e. The molecule has 0 spiro atoms. The molecule has 7 heteroatoms. The molecule has 0 bridgehead atoms. The van der Waals surface area contributed by atoms with Gasteiger partial charge < -0.3 is 10.1 Å². The van der Waals surface area contributed by atoms with E-state index in [4.69, 9.17) is 16.3 Å². The average Bonchev–Trinajstić information content (AvgIpc) is 2.71. The zero-order valence-corrected chi connectivity index (χ0v) is 13.5. The summed E-state index contributed by atoms with van der Waals surface area (Å²) in [5, 5.41) is 3.32. The summed E-state index contributed by atoms with van der Waals surface area (Å²) in [7, 11) is -3.02. The van der Waals surface area contributed by atoms with Gasteiger partial charge in [-0.2, -0.15) is 0 Å². The van der Waals surface area contributed by atoms with Crippen molar-refractivity contribution in [3.8, 4) is 5.75 Å². The third kappa shape index (κ3) is 4.35. The molecule has 1 saturated heterocycles. The van der Waals surface area contributed by atoms with E-state index in [1.807, 2.05) is 0 Å². The van der Waals surface area contributed by atoms with Crippen LogP contribution in [-0.4, -0.2) is 37.5 Å². The van der Waals surface area contributed by atoms with Gasteiger partial charge in [-0.3, -0.25) is 4.79 Å². The molecule has 5 nitrogen and oxygen atoms in total. The maximum Gasteiger partial charge on any atom is 0.263 e. The highest BCUT2D eigenvalue weighted by Gasteiger charge is 2.35. The van der Waals surface area contributed by atoms with Gasteiger partial charge in [-0.25, -0.2) is 8.42 Å². The zero-order chi connectivity index (χ0) is 15.7. The van der Waals surface area contributed by atoms with Gasteiger partial charge >= 0.3 is 0 Å². The van der Waals surface area contributed by atoms with E-state index in [0.717, 1.165) is 0 Å². The van der Waals surface area contributed by atoms with Gasteiger partial charge in [0.05, 0.1) is 11.5 Å². The van der Waals surface area contributed by atoms with Crippen molar-refractivity contribution in [3.05, 3.63) is 29.3 Å². The predicted molar refractivity (Wildman–Crippen MR) is 81.4 cm³/mol. The van der Waals surface area contributed by atoms with Gasteiger partial charge in [-0.1, -0.05) is 11.6 Å². The van der Waals surface area contributed by atoms with E-state index in [-0.39, 0.29) is 23.5 Å². The highest BCUT2D eigenvalue weighted by molar-refractivity contribution is 7.91. The summed E-state index contributed by atoms with van der Waals surface area (Å²) in [5.74, 6) is 0.310. The van der Waals surface area contributed by atoms with Gasteiger partial charge in [0.1, 0.15) is 5.75 Å². The van der Waals surface area contributed by atoms with Gasteiger partial charge in [0.2, 0.25) is 0 Å². The van der Waals surface area contributed by atoms with Gasteiger partial charge in [-0.15, -0.1) is 0 Å². The number of hydrogen-bond acceptors (Lipinski definition) is 4. The molecule has 0 radical (unpaired) electrons. The molecule has 2 rings (SSSR count). The number of nitrogens with one attached hydrogen (secondary N) is 1. The van der Waals surface area contributed by atoms with Crippen molar-refractivity contribution in [2.75, 3.05) is 11.5 Å². The highest BCUT2D eigenvalue weighted by Crippen LogP contribution is 2.21. The van der Waals surface area contributed by atoms with Crippen molar-refractivity contribution in [3.63, 3.8) is 0 Å². The molecule has 1 atom stereocenters. The normalized spacial score (nSPS) is 21.0. The van der Waals surface area contributed by atoms with Crippen LogP contribution >= 0.6 is 11.6 Å². The van der Waals surface area contributed by atoms with Crippen molar-refractivity contribution in [2.45, 2.75) is 31.9 Å². The van der Waals surface area contributed by atoms with Crippen molar-refractivity contribution in [1.82, 2.24) is 5.32 Å². The average molecular weight is 332 g/mol. The number of hydrogen-bond donors (Lipinski definition) is 1. The first-order chi connectivity index (χ1) is 9.68. The van der Waals surface area contributed by atoms with Crippen LogP contribution < -0.4 is 10.1 Å². The standard InChI is InChI=1S/C14H18ClNO4S/c1-14(2,20-12-5-3-10(15)4-6-12)13(17)16-11-7-8-21(18,19)9-11/h3-6,11H,7-9H2,1-2H3,(H,16,17)/t11-/m0/s1. The molecule has 116 valence electrons. The van der Waals surface area contributed by atoms with Crippen LogP contribution in [0.1, 0.15) is 20.3 Å². The lowest BCUT2D eigenvalue weighted by Gasteiger charge is -2.26. The molecule has 1 amide bonds. The molecule has 0 aromatic heterocycles. The van der Waals surface area contributed by atoms with Crippen LogP contribution in [-0.2, 0) is 14.6 Å². The summed E-state index contributed by atoms with van der Waals surface area (Å²) in [5.41, 5.74) is -1.10. The molecule has 1 aromatic rings. The second-order valence-electron chi connectivity index (χ2n) is 5.64. The van der Waals surface area contributed by atoms with E-state index in [0.29, 0.717) is 17.2 Å². The Bertz CT molecular complexity index is 625. The summed E-state index contributed by atoms with van der Waals surface area (Å²) in [6.45, 7) is 3.28. The largest absolute Gasteiger partial charge is 0.478 e. The molecule has 1 aromatic carbocycles. The van der Waals surface area contributed by atoms with Gasteiger partial charge in [0, 0.05) is 11.1 Å². The Balaban J connectivity index is 1.98. The summed E-state index contributed by atoms with van der Waals surface area (Å²) in [6.07, 6.45) is 0.450. The van der Waals surface area contributed by atoms with Crippen LogP contribution in [0.5, 0.6) is 5.75 Å². The maximum absolute atomic E-state index is 12.2. The van der Waals surface area contributed by atoms with Crippen LogP contribution in [0.15, 0.2) is 24.3 Å². The Labute approximate surface area is 129 Å². The third-order valence-corrected chi connectivity index (χ3v) is 5.32. The minimum atomic E-state index is -3.02. The fraction of sp³-hybridized carbons (Fsp3) is 0.500. The molecule has 0 unspecified atom stereocenters. The third-order valence-electron chi connectivity index (χ3n) is 3.30. The maximum atomic E-state index is 12.2. The molecular weight excluding hydrogens is 314 g/mol. The first kappa shape index (κ1) is 16.1. The fourth-order valence-electron chi connectivity index (χ4n) is 2.11. The fourth-order valence-corrected chi connectivity index (χ4v) is 3.91. The molecule has 0 aliphatic carbocycles. The van der Waals surface area contributed by atoms with Gasteiger partial charge in [-0.05, 0) is 44.5 Å². The molecule has 0 saturated carbocycles. The number of halogens is 1. The molecule has 1 aliphatic heterocycles. The van der Waals surface area contributed by atoms with E-state index in [1.165, 1.54) is 0 Å². The SMILES string of the molecule is CC(C)(Oc1ccc(Cl)cc1)C(=O)N[C@H]1CCS(=O)(=O)C1. The van der Waals surface area contributed by atoms with Crippen LogP contribution in [0.4, 0.5) is 0 Å². The minimum absolute atomic E-state index is 0.00420. The highest BCUT2D eigenvalue weighted by atomic mass is 35.5. The molecule has 1 aliphatic rings. The lowest BCUT2D eigenvalue weighted by molar-refractivity contribution is -0.134. The molecule has 1 N–H and O–H groups in total. The Morgan fingerprint density at radius 3 is 2.48 bits per heavy atom. The number of rotatable bonds is 4. The summed E-state index contributed by atoms with van der Waals surface area (Å²) in [6, 6.07) is 6.37. The molecule has 1 fully saturated rings. The predicted octanol–water partition coefficient (Wildman–Crippen LogP) is 1.80. The second kappa shape index (κ2) is 5.85. The van der Waals surface area contributed by atoms with Crippen LogP contribution in [0.25, 0.3) is 0 Å². The summed E-state index contributed by atoms with van der Waals surface area (Å²) in [4.78, 5) is 12.2. The quantitative estimate of drug-likeness (QED) is 0.913. The topological polar surface area (TPSA) is 72.5 Å². The number of sulfone groups is 1. The Morgan fingerprint density at radius 2 is 1.95 bits per heavy atom. The first-order valence-corrected chi connectivity index (χ1v) is 8.84. The van der Waals surface area contributed by atoms with E-state index in [1.54, 1.807) is 38.1 Å². The summed E-state index contributed by atoms with van der Waals surface area (Å²) < 4.78 is 28.5. The Kier molecular flexibility index (Phi) is 4.49. The Morgan fingerprint density at radius 1 is 1.33 bits per heavy atom. The number of benzene rings is 1. The Hall–Kier alpha value is -1.27. The molecule has 21 heavy (non-hydrogen) atoms. The van der Waals surface area contributed by atoms with Crippen LogP contribution in [0, 0.1) is 0 Å². The molecular formula is C14H18ClNO4S.